The molecule has 0 spiro atoms. The summed E-state index contributed by atoms with van der Waals surface area (Å²) >= 11 is 0. The summed E-state index contributed by atoms with van der Waals surface area (Å²) in [5, 5.41) is 7.31. The van der Waals surface area contributed by atoms with Crippen LogP contribution in [0, 0.1) is 11.8 Å². The predicted octanol–water partition coefficient (Wildman–Crippen LogP) is 5.33. The van der Waals surface area contributed by atoms with E-state index in [1.165, 1.54) is 5.01 Å². The monoisotopic (exact) mass is 749 g/mol. The van der Waals surface area contributed by atoms with Crippen LogP contribution in [-0.4, -0.2) is 79.9 Å². The summed E-state index contributed by atoms with van der Waals surface area (Å²) in [6, 6.07) is 8.63. The fourth-order valence-corrected chi connectivity index (χ4v) is 7.17. The molecule has 0 aliphatic carbocycles. The summed E-state index contributed by atoms with van der Waals surface area (Å²) in [4.78, 5) is 59.6. The van der Waals surface area contributed by atoms with Crippen LogP contribution >= 0.6 is 0 Å². The van der Waals surface area contributed by atoms with E-state index in [0.29, 0.717) is 43.7 Å². The molecule has 2 aliphatic heterocycles. The molecule has 12 nitrogen and oxygen atoms in total. The molecule has 3 heterocycles. The second-order valence-electron chi connectivity index (χ2n) is 16.0. The fraction of sp³-hybridized carbons (Fsp3) is 0.575. The van der Waals surface area contributed by atoms with Crippen LogP contribution in [0.5, 0.6) is 5.75 Å². The number of benzene rings is 1. The first-order valence-electron chi connectivity index (χ1n) is 18.8. The average Bonchev–Trinajstić information content (AvgIpc) is 3.11. The van der Waals surface area contributed by atoms with Crippen LogP contribution in [0.3, 0.4) is 0 Å². The van der Waals surface area contributed by atoms with Crippen molar-refractivity contribution in [1.82, 2.24) is 26.1 Å². The molecule has 5 atom stereocenters. The van der Waals surface area contributed by atoms with Gasteiger partial charge in [0, 0.05) is 26.3 Å². The largest absolute Gasteiger partial charge is 0.543 e. The number of hydrogen-bond acceptors (Lipinski definition) is 9. The Morgan fingerprint density at radius 2 is 1.79 bits per heavy atom. The van der Waals surface area contributed by atoms with Crippen LogP contribution in [0.2, 0.25) is 18.1 Å². The Morgan fingerprint density at radius 1 is 1.04 bits per heavy atom. The van der Waals surface area contributed by atoms with Crippen molar-refractivity contribution in [3.8, 4) is 5.75 Å². The van der Waals surface area contributed by atoms with E-state index in [0.717, 1.165) is 11.1 Å². The molecule has 4 rings (SSSR count). The second-order valence-corrected chi connectivity index (χ2v) is 20.8. The molecule has 4 bridgehead atoms. The maximum Gasteiger partial charge on any atom is 0.325 e. The lowest BCUT2D eigenvalue weighted by molar-refractivity contribution is -0.154. The van der Waals surface area contributed by atoms with Gasteiger partial charge in [0.05, 0.1) is 17.7 Å². The first-order valence-corrected chi connectivity index (χ1v) is 21.7. The number of nitrogens with zero attached hydrogens (tertiary/aromatic N) is 2. The van der Waals surface area contributed by atoms with Gasteiger partial charge in [0.2, 0.25) is 20.1 Å². The van der Waals surface area contributed by atoms with Gasteiger partial charge in [-0.15, -0.1) is 0 Å². The minimum absolute atomic E-state index is 0.0166. The number of pyridine rings is 1. The Labute approximate surface area is 315 Å². The number of fused-ring (bicyclic) bond motifs is 4. The Morgan fingerprint density at radius 3 is 2.49 bits per heavy atom. The highest BCUT2D eigenvalue weighted by atomic mass is 28.4. The fourth-order valence-electron chi connectivity index (χ4n) is 6.15. The molecule has 1 fully saturated rings. The van der Waals surface area contributed by atoms with E-state index < -0.39 is 56.2 Å². The zero-order valence-electron chi connectivity index (χ0n) is 32.9. The van der Waals surface area contributed by atoms with Gasteiger partial charge < -0.3 is 24.5 Å². The number of carbonyl (C=O) groups is 4. The van der Waals surface area contributed by atoms with E-state index in [-0.39, 0.29) is 29.9 Å². The number of aromatic nitrogens is 1. The summed E-state index contributed by atoms with van der Waals surface area (Å²) in [6.45, 7) is 16.7. The second kappa shape index (κ2) is 18.3. The number of hydrazine groups is 1. The van der Waals surface area contributed by atoms with Gasteiger partial charge in [0.1, 0.15) is 30.5 Å². The molecular weight excluding hydrogens is 691 g/mol. The number of esters is 1. The summed E-state index contributed by atoms with van der Waals surface area (Å²) in [5.41, 5.74) is 5.35. The topological polar surface area (TPSA) is 148 Å². The SMILES string of the molecule is CO[C@@H]1CC/C=C\c2ccnc(c2)COC(=O)[C@@H]2CCCN(N2)C(=O)[C@H](Cc2cccc(O[Si](C)(C)C(C)(C)C)c2)NC(=O)[C@H](C(C)C)NC(=O)[C@@H]1C. The molecule has 2 aliphatic rings. The summed E-state index contributed by atoms with van der Waals surface area (Å²) < 4.78 is 17.9. The minimum atomic E-state index is -2.15. The molecule has 0 saturated carbocycles. The van der Waals surface area contributed by atoms with E-state index in [1.807, 2.05) is 62.4 Å². The highest BCUT2D eigenvalue weighted by Crippen LogP contribution is 2.37. The molecule has 13 heteroatoms. The van der Waals surface area contributed by atoms with E-state index in [2.05, 4.69) is 54.9 Å². The van der Waals surface area contributed by atoms with Gasteiger partial charge in [-0.1, -0.05) is 65.8 Å². The maximum absolute atomic E-state index is 14.3. The number of amides is 3. The zero-order chi connectivity index (χ0) is 38.9. The molecule has 0 unspecified atom stereocenters. The van der Waals surface area contributed by atoms with Crippen LogP contribution in [-0.2, 0) is 41.7 Å². The number of carbonyl (C=O) groups excluding carboxylic acids is 4. The third-order valence-electron chi connectivity index (χ3n) is 10.5. The maximum atomic E-state index is 14.3. The quantitative estimate of drug-likeness (QED) is 0.263. The molecule has 1 aromatic carbocycles. The van der Waals surface area contributed by atoms with Crippen molar-refractivity contribution in [2.45, 2.75) is 123 Å². The predicted molar refractivity (Wildman–Crippen MR) is 207 cm³/mol. The number of cyclic esters (lactones) is 1. The van der Waals surface area contributed by atoms with Crippen molar-refractivity contribution in [2.24, 2.45) is 11.8 Å². The Kier molecular flexibility index (Phi) is 14.4. The third kappa shape index (κ3) is 11.5. The Hall–Kier alpha value is -4.07. The molecule has 53 heavy (non-hydrogen) atoms. The van der Waals surface area contributed by atoms with Crippen LogP contribution in [0.4, 0.5) is 0 Å². The van der Waals surface area contributed by atoms with Crippen LogP contribution in [0.25, 0.3) is 6.08 Å². The molecule has 2 aromatic rings. The summed E-state index contributed by atoms with van der Waals surface area (Å²) in [5.74, 6) is -1.81. The van der Waals surface area contributed by atoms with Gasteiger partial charge in [-0.05, 0) is 85.1 Å². The van der Waals surface area contributed by atoms with Crippen molar-refractivity contribution in [3.05, 3.63) is 65.5 Å². The number of rotatable bonds is 6. The van der Waals surface area contributed by atoms with E-state index >= 15 is 0 Å². The van der Waals surface area contributed by atoms with Crippen molar-refractivity contribution >= 4 is 38.1 Å². The van der Waals surface area contributed by atoms with Gasteiger partial charge in [-0.3, -0.25) is 29.2 Å². The van der Waals surface area contributed by atoms with Gasteiger partial charge in [0.15, 0.2) is 0 Å². The van der Waals surface area contributed by atoms with Gasteiger partial charge in [-0.25, -0.2) is 5.43 Å². The highest BCUT2D eigenvalue weighted by molar-refractivity contribution is 6.74. The lowest BCUT2D eigenvalue weighted by atomic mass is 9.96. The minimum Gasteiger partial charge on any atom is -0.543 e. The van der Waals surface area contributed by atoms with Crippen LogP contribution in [0.15, 0.2) is 48.7 Å². The summed E-state index contributed by atoms with van der Waals surface area (Å²) in [7, 11) is -0.578. The Balaban J connectivity index is 1.66. The van der Waals surface area contributed by atoms with Crippen molar-refractivity contribution in [3.63, 3.8) is 0 Å². The molecule has 290 valence electrons. The first-order chi connectivity index (χ1) is 25.0. The molecule has 1 saturated heterocycles. The van der Waals surface area contributed by atoms with E-state index in [4.69, 9.17) is 13.9 Å². The van der Waals surface area contributed by atoms with Crippen molar-refractivity contribution < 1.29 is 33.1 Å². The number of ether oxygens (including phenoxy) is 2. The zero-order valence-corrected chi connectivity index (χ0v) is 33.9. The molecule has 1 aromatic heterocycles. The first kappa shape index (κ1) is 41.7. The average molecular weight is 750 g/mol. The van der Waals surface area contributed by atoms with Crippen LogP contribution < -0.4 is 20.5 Å². The smallest absolute Gasteiger partial charge is 0.325 e. The van der Waals surface area contributed by atoms with Gasteiger partial charge in [0.25, 0.3) is 5.91 Å². The number of methoxy groups -OCH3 is 1. The lowest BCUT2D eigenvalue weighted by Crippen LogP contribution is -2.62. The van der Waals surface area contributed by atoms with E-state index in [1.54, 1.807) is 20.2 Å². The van der Waals surface area contributed by atoms with Crippen molar-refractivity contribution in [2.75, 3.05) is 13.7 Å². The molecular formula is C40H59N5O7Si. The summed E-state index contributed by atoms with van der Waals surface area (Å²) in [6.07, 6.45) is 7.64. The Bertz CT molecular complexity index is 1620. The number of hydrogen-bond donors (Lipinski definition) is 3. The number of nitrogens with one attached hydrogen (secondary N) is 3. The van der Waals surface area contributed by atoms with Crippen molar-refractivity contribution in [1.29, 1.82) is 0 Å². The normalized spacial score (nSPS) is 25.0. The van der Waals surface area contributed by atoms with Crippen LogP contribution in [0.1, 0.15) is 84.0 Å². The molecule has 3 amide bonds. The van der Waals surface area contributed by atoms with Gasteiger partial charge in [-0.2, -0.15) is 0 Å². The van der Waals surface area contributed by atoms with E-state index in [9.17, 15) is 19.2 Å². The van der Waals surface area contributed by atoms with Gasteiger partial charge >= 0.3 is 5.97 Å². The number of allylic oxidation sites excluding steroid dienone is 1. The standard InChI is InChI=1S/C40H59N5O7Si/c1-26(2)35-37(47)42-33(24-29-15-12-16-31(23-29)52-53(8,9)40(4,5)6)38(48)45-21-13-17-32(44-45)39(49)51-25-30-22-28(19-20-41-30)14-10-11-18-34(50-7)27(3)36(46)43-35/h10,12,14-16,19-20,22-23,26-27,32-35,44H,11,13,17-18,21,24-25H2,1-9H3,(H,42,47)(H,43,46)/b14-10-/t27-,32+,33+,34-,35+/m1/s1. The molecule has 0 radical (unpaired) electrons. The highest BCUT2D eigenvalue weighted by Gasteiger charge is 2.39. The lowest BCUT2D eigenvalue weighted by Gasteiger charge is -2.36. The third-order valence-corrected chi connectivity index (χ3v) is 14.9. The molecule has 3 N–H and O–H groups in total.